The van der Waals surface area contributed by atoms with Crippen molar-refractivity contribution >= 4 is 12.0 Å². The van der Waals surface area contributed by atoms with Crippen molar-refractivity contribution in [3.8, 4) is 5.75 Å². The van der Waals surface area contributed by atoms with E-state index in [9.17, 15) is 9.90 Å². The smallest absolute Gasteiger partial charge is 0.124 e. The van der Waals surface area contributed by atoms with Crippen molar-refractivity contribution < 1.29 is 9.90 Å². The molecule has 1 N–H and O–H groups in total. The quantitative estimate of drug-likeness (QED) is 0.789. The Morgan fingerprint density at radius 1 is 1.29 bits per heavy atom. The highest BCUT2D eigenvalue weighted by atomic mass is 16.3. The van der Waals surface area contributed by atoms with E-state index in [1.807, 2.05) is 12.1 Å². The van der Waals surface area contributed by atoms with Crippen molar-refractivity contribution in [1.29, 1.82) is 0 Å². The monoisotopic (exact) mass is 234 g/mol. The van der Waals surface area contributed by atoms with Crippen LogP contribution in [0.2, 0.25) is 0 Å². The van der Waals surface area contributed by atoms with Gasteiger partial charge in [0.05, 0.1) is 0 Å². The maximum atomic E-state index is 10.4. The molecule has 1 aliphatic rings. The number of carbonyl (C=O) groups is 1. The van der Waals surface area contributed by atoms with Gasteiger partial charge in [0.15, 0.2) is 0 Å². The molecule has 17 heavy (non-hydrogen) atoms. The van der Waals surface area contributed by atoms with Crippen LogP contribution in [-0.4, -0.2) is 49.5 Å². The number of phenolic OH excluding ortho intramolecular Hbond substituents is 1. The van der Waals surface area contributed by atoms with Gasteiger partial charge in [-0.25, -0.2) is 0 Å². The van der Waals surface area contributed by atoms with E-state index < -0.39 is 0 Å². The van der Waals surface area contributed by atoms with Crippen molar-refractivity contribution in [2.75, 3.05) is 38.1 Å². The molecular formula is C13H18N2O2. The topological polar surface area (TPSA) is 43.8 Å². The van der Waals surface area contributed by atoms with Gasteiger partial charge in [-0.1, -0.05) is 6.07 Å². The minimum absolute atomic E-state index is 0.216. The first-order valence-electron chi connectivity index (χ1n) is 5.89. The van der Waals surface area contributed by atoms with Gasteiger partial charge in [0, 0.05) is 49.9 Å². The van der Waals surface area contributed by atoms with Crippen LogP contribution in [0.5, 0.6) is 5.75 Å². The average Bonchev–Trinajstić information content (AvgIpc) is 2.33. The summed E-state index contributed by atoms with van der Waals surface area (Å²) >= 11 is 0. The predicted octanol–water partition coefficient (Wildman–Crippen LogP) is 0.885. The Labute approximate surface area is 101 Å². The van der Waals surface area contributed by atoms with Crippen LogP contribution >= 0.6 is 0 Å². The molecule has 0 unspecified atom stereocenters. The van der Waals surface area contributed by atoms with Gasteiger partial charge in [0.2, 0.25) is 0 Å². The van der Waals surface area contributed by atoms with Gasteiger partial charge < -0.3 is 19.7 Å². The molecule has 4 nitrogen and oxygen atoms in total. The van der Waals surface area contributed by atoms with Gasteiger partial charge in [0.1, 0.15) is 12.0 Å². The SMILES string of the molecule is CN1CCN(c2ccc(CC=O)c(O)c2)CC1. The van der Waals surface area contributed by atoms with E-state index >= 15 is 0 Å². The van der Waals surface area contributed by atoms with Gasteiger partial charge in [-0.05, 0) is 13.1 Å². The summed E-state index contributed by atoms with van der Waals surface area (Å²) in [7, 11) is 2.11. The Morgan fingerprint density at radius 3 is 2.59 bits per heavy atom. The van der Waals surface area contributed by atoms with E-state index in [1.165, 1.54) is 0 Å². The number of nitrogens with zero attached hydrogens (tertiary/aromatic N) is 2. The predicted molar refractivity (Wildman–Crippen MR) is 67.6 cm³/mol. The van der Waals surface area contributed by atoms with Crippen LogP contribution in [0, 0.1) is 0 Å². The standard InChI is InChI=1S/C13H18N2O2/c1-14-5-7-15(8-6-14)12-3-2-11(4-9-16)13(17)10-12/h2-3,9-10,17H,4-8H2,1H3. The van der Waals surface area contributed by atoms with Crippen LogP contribution in [0.15, 0.2) is 18.2 Å². The average molecular weight is 234 g/mol. The molecule has 0 spiro atoms. The molecule has 1 heterocycles. The van der Waals surface area contributed by atoms with Gasteiger partial charge in [-0.3, -0.25) is 0 Å². The normalized spacial score (nSPS) is 17.1. The molecule has 0 atom stereocenters. The van der Waals surface area contributed by atoms with E-state index in [0.29, 0.717) is 5.56 Å². The molecule has 1 aliphatic heterocycles. The highest BCUT2D eigenvalue weighted by Gasteiger charge is 2.15. The lowest BCUT2D eigenvalue weighted by molar-refractivity contribution is -0.107. The third kappa shape index (κ3) is 2.77. The van der Waals surface area contributed by atoms with Crippen LogP contribution in [-0.2, 0) is 11.2 Å². The lowest BCUT2D eigenvalue weighted by Gasteiger charge is -2.34. The largest absolute Gasteiger partial charge is 0.508 e. The van der Waals surface area contributed by atoms with Gasteiger partial charge in [0.25, 0.3) is 0 Å². The van der Waals surface area contributed by atoms with E-state index in [1.54, 1.807) is 6.07 Å². The fraction of sp³-hybridized carbons (Fsp3) is 0.462. The summed E-state index contributed by atoms with van der Waals surface area (Å²) in [6.07, 6.45) is 1.08. The summed E-state index contributed by atoms with van der Waals surface area (Å²) in [5.74, 6) is 0.216. The number of benzene rings is 1. The molecule has 1 fully saturated rings. The van der Waals surface area contributed by atoms with Gasteiger partial charge in [-0.15, -0.1) is 0 Å². The molecule has 1 saturated heterocycles. The molecule has 0 saturated carbocycles. The Morgan fingerprint density at radius 2 is 2.00 bits per heavy atom. The van der Waals surface area contributed by atoms with Crippen molar-refractivity contribution in [1.82, 2.24) is 4.90 Å². The summed E-state index contributed by atoms with van der Waals surface area (Å²) < 4.78 is 0. The number of phenols is 1. The first kappa shape index (κ1) is 11.9. The lowest BCUT2D eigenvalue weighted by atomic mass is 10.1. The minimum atomic E-state index is 0.216. The summed E-state index contributed by atoms with van der Waals surface area (Å²) in [6.45, 7) is 4.03. The third-order valence-electron chi connectivity index (χ3n) is 3.24. The minimum Gasteiger partial charge on any atom is -0.508 e. The van der Waals surface area contributed by atoms with Crippen LogP contribution in [0.3, 0.4) is 0 Å². The van der Waals surface area contributed by atoms with Crippen molar-refractivity contribution in [2.24, 2.45) is 0 Å². The number of aromatic hydroxyl groups is 1. The zero-order valence-corrected chi connectivity index (χ0v) is 10.1. The second-order valence-electron chi connectivity index (χ2n) is 4.47. The number of aldehydes is 1. The first-order chi connectivity index (χ1) is 8.20. The number of hydrogen-bond donors (Lipinski definition) is 1. The zero-order chi connectivity index (χ0) is 12.3. The molecule has 4 heteroatoms. The highest BCUT2D eigenvalue weighted by Crippen LogP contribution is 2.25. The highest BCUT2D eigenvalue weighted by molar-refractivity contribution is 5.61. The van der Waals surface area contributed by atoms with Gasteiger partial charge >= 0.3 is 0 Å². The molecular weight excluding hydrogens is 216 g/mol. The maximum Gasteiger partial charge on any atom is 0.124 e. The van der Waals surface area contributed by atoms with E-state index in [2.05, 4.69) is 16.8 Å². The summed E-state index contributed by atoms with van der Waals surface area (Å²) in [5.41, 5.74) is 1.73. The van der Waals surface area contributed by atoms with Crippen LogP contribution in [0.25, 0.3) is 0 Å². The third-order valence-corrected chi connectivity index (χ3v) is 3.24. The van der Waals surface area contributed by atoms with E-state index in [0.717, 1.165) is 38.2 Å². The number of anilines is 1. The van der Waals surface area contributed by atoms with Gasteiger partial charge in [-0.2, -0.15) is 0 Å². The Kier molecular flexibility index (Phi) is 3.64. The molecule has 0 amide bonds. The molecule has 0 aromatic heterocycles. The van der Waals surface area contributed by atoms with Crippen molar-refractivity contribution in [2.45, 2.75) is 6.42 Å². The molecule has 0 aliphatic carbocycles. The molecule has 1 aromatic rings. The lowest BCUT2D eigenvalue weighted by Crippen LogP contribution is -2.44. The molecule has 0 radical (unpaired) electrons. The van der Waals surface area contributed by atoms with E-state index in [4.69, 9.17) is 0 Å². The molecule has 92 valence electrons. The second-order valence-corrected chi connectivity index (χ2v) is 4.47. The zero-order valence-electron chi connectivity index (χ0n) is 10.1. The summed E-state index contributed by atoms with van der Waals surface area (Å²) in [4.78, 5) is 15.0. The summed E-state index contributed by atoms with van der Waals surface area (Å²) in [6, 6.07) is 5.56. The molecule has 2 rings (SSSR count). The Balaban J connectivity index is 2.11. The van der Waals surface area contributed by atoms with Crippen LogP contribution < -0.4 is 4.90 Å². The van der Waals surface area contributed by atoms with Crippen molar-refractivity contribution in [3.63, 3.8) is 0 Å². The Hall–Kier alpha value is -1.55. The second kappa shape index (κ2) is 5.19. The maximum absolute atomic E-state index is 10.4. The van der Waals surface area contributed by atoms with Crippen molar-refractivity contribution in [3.05, 3.63) is 23.8 Å². The summed E-state index contributed by atoms with van der Waals surface area (Å²) in [5, 5.41) is 9.81. The number of rotatable bonds is 3. The number of hydrogen-bond acceptors (Lipinski definition) is 4. The number of carbonyl (C=O) groups excluding carboxylic acids is 1. The number of piperazine rings is 1. The number of likely N-dealkylation sites (N-methyl/N-ethyl adjacent to an activating group) is 1. The van der Waals surface area contributed by atoms with E-state index in [-0.39, 0.29) is 12.2 Å². The molecule has 0 bridgehead atoms. The fourth-order valence-electron chi connectivity index (χ4n) is 2.08. The first-order valence-corrected chi connectivity index (χ1v) is 5.89. The fourth-order valence-corrected chi connectivity index (χ4v) is 2.08. The Bertz CT molecular complexity index is 398. The molecule has 1 aromatic carbocycles. The van der Waals surface area contributed by atoms with Crippen LogP contribution in [0.4, 0.5) is 5.69 Å². The van der Waals surface area contributed by atoms with Crippen LogP contribution in [0.1, 0.15) is 5.56 Å².